The largest absolute Gasteiger partial charge is 0.375 e. The summed E-state index contributed by atoms with van der Waals surface area (Å²) in [6.07, 6.45) is 5.70. The Morgan fingerprint density at radius 3 is 2.58 bits per heavy atom. The number of benzene rings is 1. The molecular formula is C16H23NO2. The van der Waals surface area contributed by atoms with Gasteiger partial charge >= 0.3 is 0 Å². The highest BCUT2D eigenvalue weighted by Gasteiger charge is 2.25. The first kappa shape index (κ1) is 14.1. The SMILES string of the molecule is COCC(=O)N(CCc1ccccc1)C1CCCC1. The minimum atomic E-state index is 0.130. The lowest BCUT2D eigenvalue weighted by Gasteiger charge is -2.29. The summed E-state index contributed by atoms with van der Waals surface area (Å²) in [5.41, 5.74) is 1.29. The average molecular weight is 261 g/mol. The molecule has 104 valence electrons. The average Bonchev–Trinajstić information content (AvgIpc) is 2.94. The van der Waals surface area contributed by atoms with E-state index in [-0.39, 0.29) is 12.5 Å². The lowest BCUT2D eigenvalue weighted by atomic mass is 10.1. The Balaban J connectivity index is 1.95. The molecule has 0 saturated heterocycles. The molecule has 1 aromatic rings. The highest BCUT2D eigenvalue weighted by atomic mass is 16.5. The minimum Gasteiger partial charge on any atom is -0.375 e. The maximum Gasteiger partial charge on any atom is 0.248 e. The third-order valence-electron chi connectivity index (χ3n) is 3.84. The molecule has 1 aliphatic carbocycles. The number of nitrogens with zero attached hydrogens (tertiary/aromatic N) is 1. The maximum atomic E-state index is 12.2. The van der Waals surface area contributed by atoms with Gasteiger partial charge < -0.3 is 9.64 Å². The van der Waals surface area contributed by atoms with E-state index in [4.69, 9.17) is 4.74 Å². The van der Waals surface area contributed by atoms with Crippen molar-refractivity contribution in [3.8, 4) is 0 Å². The third-order valence-corrected chi connectivity index (χ3v) is 3.84. The van der Waals surface area contributed by atoms with Crippen LogP contribution in [0.1, 0.15) is 31.2 Å². The molecule has 0 bridgehead atoms. The van der Waals surface area contributed by atoms with Crippen molar-refractivity contribution in [3.05, 3.63) is 35.9 Å². The van der Waals surface area contributed by atoms with E-state index in [2.05, 4.69) is 12.1 Å². The van der Waals surface area contributed by atoms with Crippen molar-refractivity contribution in [1.82, 2.24) is 4.90 Å². The Morgan fingerprint density at radius 1 is 1.26 bits per heavy atom. The highest BCUT2D eigenvalue weighted by Crippen LogP contribution is 2.24. The van der Waals surface area contributed by atoms with Crippen molar-refractivity contribution in [1.29, 1.82) is 0 Å². The van der Waals surface area contributed by atoms with Crippen LogP contribution in [-0.2, 0) is 16.0 Å². The molecule has 1 fully saturated rings. The molecular weight excluding hydrogens is 238 g/mol. The predicted molar refractivity (Wildman–Crippen MR) is 76.0 cm³/mol. The van der Waals surface area contributed by atoms with Gasteiger partial charge in [0.15, 0.2) is 0 Å². The Morgan fingerprint density at radius 2 is 1.95 bits per heavy atom. The fraction of sp³-hybridized carbons (Fsp3) is 0.562. The molecule has 1 saturated carbocycles. The molecule has 0 N–H and O–H groups in total. The van der Waals surface area contributed by atoms with Crippen LogP contribution in [0.4, 0.5) is 0 Å². The zero-order valence-electron chi connectivity index (χ0n) is 11.7. The zero-order valence-corrected chi connectivity index (χ0v) is 11.7. The summed E-state index contributed by atoms with van der Waals surface area (Å²) >= 11 is 0. The number of carbonyl (C=O) groups excluding carboxylic acids is 1. The lowest BCUT2D eigenvalue weighted by Crippen LogP contribution is -2.42. The normalized spacial score (nSPS) is 15.6. The monoisotopic (exact) mass is 261 g/mol. The predicted octanol–water partition coefficient (Wildman–Crippen LogP) is 2.65. The van der Waals surface area contributed by atoms with Crippen molar-refractivity contribution < 1.29 is 9.53 Å². The number of ether oxygens (including phenoxy) is 1. The molecule has 1 aromatic carbocycles. The molecule has 1 aliphatic rings. The van der Waals surface area contributed by atoms with E-state index in [1.165, 1.54) is 18.4 Å². The van der Waals surface area contributed by atoms with E-state index in [1.807, 2.05) is 23.1 Å². The molecule has 0 aromatic heterocycles. The standard InChI is InChI=1S/C16H23NO2/c1-19-13-16(18)17(15-9-5-6-10-15)12-11-14-7-3-2-4-8-14/h2-4,7-8,15H,5-6,9-13H2,1H3. The smallest absolute Gasteiger partial charge is 0.248 e. The van der Waals surface area contributed by atoms with E-state index in [1.54, 1.807) is 7.11 Å². The van der Waals surface area contributed by atoms with Crippen LogP contribution in [0.15, 0.2) is 30.3 Å². The van der Waals surface area contributed by atoms with E-state index < -0.39 is 0 Å². The summed E-state index contributed by atoms with van der Waals surface area (Å²) < 4.78 is 5.00. The molecule has 3 nitrogen and oxygen atoms in total. The number of rotatable bonds is 6. The van der Waals surface area contributed by atoms with Crippen LogP contribution in [0.2, 0.25) is 0 Å². The van der Waals surface area contributed by atoms with Gasteiger partial charge in [-0.2, -0.15) is 0 Å². The number of methoxy groups -OCH3 is 1. The summed E-state index contributed by atoms with van der Waals surface area (Å²) in [5.74, 6) is 0.130. The van der Waals surface area contributed by atoms with Crippen molar-refractivity contribution in [3.63, 3.8) is 0 Å². The molecule has 1 amide bonds. The van der Waals surface area contributed by atoms with Gasteiger partial charge in [0, 0.05) is 19.7 Å². The van der Waals surface area contributed by atoms with E-state index in [0.717, 1.165) is 25.8 Å². The maximum absolute atomic E-state index is 12.2. The number of amides is 1. The molecule has 0 unspecified atom stereocenters. The van der Waals surface area contributed by atoms with Crippen LogP contribution in [0.5, 0.6) is 0 Å². The van der Waals surface area contributed by atoms with Gasteiger partial charge in [-0.05, 0) is 24.8 Å². The first-order chi connectivity index (χ1) is 9.31. The second-order valence-electron chi connectivity index (χ2n) is 5.19. The summed E-state index contributed by atoms with van der Waals surface area (Å²) in [4.78, 5) is 14.2. The third kappa shape index (κ3) is 4.06. The molecule has 0 aliphatic heterocycles. The van der Waals surface area contributed by atoms with Gasteiger partial charge in [-0.3, -0.25) is 4.79 Å². The molecule has 19 heavy (non-hydrogen) atoms. The van der Waals surface area contributed by atoms with E-state index >= 15 is 0 Å². The van der Waals surface area contributed by atoms with Gasteiger partial charge in [0.25, 0.3) is 0 Å². The quantitative estimate of drug-likeness (QED) is 0.788. The molecule has 0 radical (unpaired) electrons. The van der Waals surface area contributed by atoms with Crippen molar-refractivity contribution in [2.45, 2.75) is 38.1 Å². The Labute approximate surface area is 115 Å². The number of hydrogen-bond acceptors (Lipinski definition) is 2. The van der Waals surface area contributed by atoms with Gasteiger partial charge in [0.05, 0.1) is 0 Å². The second-order valence-corrected chi connectivity index (χ2v) is 5.19. The van der Waals surface area contributed by atoms with Gasteiger partial charge in [-0.1, -0.05) is 43.2 Å². The van der Waals surface area contributed by atoms with Crippen molar-refractivity contribution >= 4 is 5.91 Å². The first-order valence-electron chi connectivity index (χ1n) is 7.13. The lowest BCUT2D eigenvalue weighted by molar-refractivity contribution is -0.137. The fourth-order valence-electron chi connectivity index (χ4n) is 2.83. The van der Waals surface area contributed by atoms with Crippen LogP contribution >= 0.6 is 0 Å². The van der Waals surface area contributed by atoms with Gasteiger partial charge in [0.1, 0.15) is 6.61 Å². The topological polar surface area (TPSA) is 29.5 Å². The summed E-state index contributed by atoms with van der Waals surface area (Å²) in [6.45, 7) is 1.00. The number of hydrogen-bond donors (Lipinski definition) is 0. The fourth-order valence-corrected chi connectivity index (χ4v) is 2.83. The van der Waals surface area contributed by atoms with Gasteiger partial charge in [0.2, 0.25) is 5.91 Å². The Hall–Kier alpha value is -1.35. The van der Waals surface area contributed by atoms with Crippen LogP contribution in [0.3, 0.4) is 0 Å². The number of carbonyl (C=O) groups is 1. The summed E-state index contributed by atoms with van der Waals surface area (Å²) in [5, 5.41) is 0. The molecule has 3 heteroatoms. The van der Waals surface area contributed by atoms with Crippen LogP contribution in [0, 0.1) is 0 Å². The Bertz CT molecular complexity index is 385. The van der Waals surface area contributed by atoms with Crippen molar-refractivity contribution in [2.75, 3.05) is 20.3 Å². The molecule has 0 spiro atoms. The molecule has 0 atom stereocenters. The first-order valence-corrected chi connectivity index (χ1v) is 7.13. The van der Waals surface area contributed by atoms with E-state index in [9.17, 15) is 4.79 Å². The van der Waals surface area contributed by atoms with E-state index in [0.29, 0.717) is 6.04 Å². The minimum absolute atomic E-state index is 0.130. The zero-order chi connectivity index (χ0) is 13.5. The van der Waals surface area contributed by atoms with Crippen LogP contribution < -0.4 is 0 Å². The highest BCUT2D eigenvalue weighted by molar-refractivity contribution is 5.77. The summed E-state index contributed by atoms with van der Waals surface area (Å²) in [7, 11) is 1.59. The molecule has 0 heterocycles. The van der Waals surface area contributed by atoms with Crippen molar-refractivity contribution in [2.24, 2.45) is 0 Å². The Kier molecular flexibility index (Phi) is 5.40. The van der Waals surface area contributed by atoms with Crippen LogP contribution in [0.25, 0.3) is 0 Å². The molecule has 2 rings (SSSR count). The van der Waals surface area contributed by atoms with Gasteiger partial charge in [-0.25, -0.2) is 0 Å². The second kappa shape index (κ2) is 7.29. The van der Waals surface area contributed by atoms with Crippen LogP contribution in [-0.4, -0.2) is 37.1 Å². The van der Waals surface area contributed by atoms with Gasteiger partial charge in [-0.15, -0.1) is 0 Å². The summed E-state index contributed by atoms with van der Waals surface area (Å²) in [6, 6.07) is 10.8.